The zero-order valence-corrected chi connectivity index (χ0v) is 12.8. The third-order valence-electron chi connectivity index (χ3n) is 3.19. The molecule has 0 heterocycles. The zero-order chi connectivity index (χ0) is 13.7. The van der Waals surface area contributed by atoms with E-state index in [9.17, 15) is 4.79 Å². The first-order valence-corrected chi connectivity index (χ1v) is 6.89. The van der Waals surface area contributed by atoms with Gasteiger partial charge in [0.2, 0.25) is 5.91 Å². The monoisotopic (exact) mass is 241 g/mol. The molecule has 0 aliphatic heterocycles. The number of hydrogen-bond donors (Lipinski definition) is 1. The molecule has 0 aliphatic carbocycles. The van der Waals surface area contributed by atoms with E-state index < -0.39 is 0 Å². The highest BCUT2D eigenvalue weighted by Crippen LogP contribution is 2.26. The maximum Gasteiger partial charge on any atom is 0.225 e. The summed E-state index contributed by atoms with van der Waals surface area (Å²) in [6.45, 7) is 15.8. The molecule has 0 saturated heterocycles. The van der Waals surface area contributed by atoms with Gasteiger partial charge < -0.3 is 5.32 Å². The second-order valence-corrected chi connectivity index (χ2v) is 7.08. The lowest BCUT2D eigenvalue weighted by Gasteiger charge is -2.29. The molecule has 0 spiro atoms. The van der Waals surface area contributed by atoms with E-state index in [0.717, 1.165) is 25.8 Å². The smallest absolute Gasteiger partial charge is 0.225 e. The molecule has 0 aromatic carbocycles. The molecular formula is C15H31NO. The van der Waals surface area contributed by atoms with E-state index in [2.05, 4.69) is 39.9 Å². The van der Waals surface area contributed by atoms with E-state index in [0.29, 0.717) is 5.92 Å². The summed E-state index contributed by atoms with van der Waals surface area (Å²) in [7, 11) is 0. The van der Waals surface area contributed by atoms with Gasteiger partial charge in [0.15, 0.2) is 0 Å². The van der Waals surface area contributed by atoms with Crippen LogP contribution in [0.2, 0.25) is 0 Å². The molecule has 2 nitrogen and oxygen atoms in total. The third-order valence-corrected chi connectivity index (χ3v) is 3.19. The van der Waals surface area contributed by atoms with Crippen molar-refractivity contribution in [3.05, 3.63) is 0 Å². The van der Waals surface area contributed by atoms with Gasteiger partial charge in [0, 0.05) is 12.0 Å². The number of hydrogen-bond acceptors (Lipinski definition) is 1. The summed E-state index contributed by atoms with van der Waals surface area (Å²) >= 11 is 0. The van der Waals surface area contributed by atoms with Crippen LogP contribution in [0, 0.1) is 16.7 Å². The third kappa shape index (κ3) is 6.70. The van der Waals surface area contributed by atoms with E-state index in [4.69, 9.17) is 0 Å². The Bertz CT molecular complexity index is 241. The predicted molar refractivity (Wildman–Crippen MR) is 74.9 cm³/mol. The molecule has 102 valence electrons. The van der Waals surface area contributed by atoms with Gasteiger partial charge in [0.05, 0.1) is 0 Å². The van der Waals surface area contributed by atoms with Gasteiger partial charge in [-0.15, -0.1) is 0 Å². The molecule has 0 bridgehead atoms. The van der Waals surface area contributed by atoms with E-state index >= 15 is 0 Å². The van der Waals surface area contributed by atoms with Gasteiger partial charge in [-0.25, -0.2) is 0 Å². The van der Waals surface area contributed by atoms with Gasteiger partial charge in [-0.1, -0.05) is 54.9 Å². The number of nitrogens with one attached hydrogen (secondary N) is 1. The van der Waals surface area contributed by atoms with Gasteiger partial charge in [-0.05, 0) is 24.2 Å². The van der Waals surface area contributed by atoms with Crippen LogP contribution in [0.5, 0.6) is 0 Å². The molecule has 0 aromatic rings. The number of carbonyl (C=O) groups excluding carboxylic acids is 1. The fraction of sp³-hybridized carbons (Fsp3) is 0.933. The van der Waals surface area contributed by atoms with Crippen molar-refractivity contribution < 1.29 is 4.79 Å². The largest absolute Gasteiger partial charge is 0.355 e. The van der Waals surface area contributed by atoms with Crippen LogP contribution < -0.4 is 5.32 Å². The molecule has 17 heavy (non-hydrogen) atoms. The topological polar surface area (TPSA) is 29.1 Å². The van der Waals surface area contributed by atoms with Crippen LogP contribution in [0.15, 0.2) is 0 Å². The second-order valence-electron chi connectivity index (χ2n) is 7.08. The van der Waals surface area contributed by atoms with Gasteiger partial charge in [0.1, 0.15) is 0 Å². The summed E-state index contributed by atoms with van der Waals surface area (Å²) in [6, 6.07) is 0. The summed E-state index contributed by atoms with van der Waals surface area (Å²) in [5.41, 5.74) is -0.0468. The van der Waals surface area contributed by atoms with Crippen LogP contribution in [0.25, 0.3) is 0 Å². The average molecular weight is 241 g/mol. The normalized spacial score (nSPS) is 12.9. The number of amides is 1. The van der Waals surface area contributed by atoms with Crippen LogP contribution in [0.3, 0.4) is 0 Å². The van der Waals surface area contributed by atoms with Crippen molar-refractivity contribution in [3.8, 4) is 0 Å². The van der Waals surface area contributed by atoms with Crippen LogP contribution in [0.4, 0.5) is 0 Å². The Balaban J connectivity index is 4.26. The van der Waals surface area contributed by atoms with Crippen molar-refractivity contribution in [2.24, 2.45) is 16.7 Å². The first-order valence-electron chi connectivity index (χ1n) is 6.89. The SMILES string of the molecule is CCCC(C)(C)CNC(=O)C(C)(C)CC(C)C. The highest BCUT2D eigenvalue weighted by molar-refractivity contribution is 5.81. The molecular weight excluding hydrogens is 210 g/mol. The lowest BCUT2D eigenvalue weighted by Crippen LogP contribution is -2.42. The van der Waals surface area contributed by atoms with E-state index in [1.165, 1.54) is 0 Å². The molecule has 0 aliphatic rings. The van der Waals surface area contributed by atoms with E-state index in [1.807, 2.05) is 13.8 Å². The standard InChI is InChI=1S/C15H31NO/c1-8-9-14(4,5)11-16-13(17)15(6,7)10-12(2)3/h12H,8-11H2,1-7H3,(H,16,17). The first-order chi connectivity index (χ1) is 7.60. The van der Waals surface area contributed by atoms with Crippen molar-refractivity contribution in [3.63, 3.8) is 0 Å². The van der Waals surface area contributed by atoms with Gasteiger partial charge in [-0.2, -0.15) is 0 Å². The zero-order valence-electron chi connectivity index (χ0n) is 12.8. The summed E-state index contributed by atoms with van der Waals surface area (Å²) in [5, 5.41) is 3.11. The maximum atomic E-state index is 12.1. The van der Waals surface area contributed by atoms with Gasteiger partial charge in [0.25, 0.3) is 0 Å². The fourth-order valence-corrected chi connectivity index (χ4v) is 2.44. The molecule has 0 rings (SSSR count). The molecule has 1 N–H and O–H groups in total. The predicted octanol–water partition coefficient (Wildman–Crippen LogP) is 4.00. The van der Waals surface area contributed by atoms with Crippen molar-refractivity contribution in [2.75, 3.05) is 6.54 Å². The lowest BCUT2D eigenvalue weighted by molar-refractivity contribution is -0.130. The first kappa shape index (κ1) is 16.5. The second kappa shape index (κ2) is 6.42. The van der Waals surface area contributed by atoms with Crippen LogP contribution in [-0.2, 0) is 4.79 Å². The molecule has 0 unspecified atom stereocenters. The van der Waals surface area contributed by atoms with Gasteiger partial charge >= 0.3 is 0 Å². The van der Waals surface area contributed by atoms with Crippen molar-refractivity contribution in [1.82, 2.24) is 5.32 Å². The molecule has 0 radical (unpaired) electrons. The maximum absolute atomic E-state index is 12.1. The summed E-state index contributed by atoms with van der Waals surface area (Å²) in [6.07, 6.45) is 3.25. The Morgan fingerprint density at radius 2 is 1.71 bits per heavy atom. The number of carbonyl (C=O) groups is 1. The molecule has 0 atom stereocenters. The Morgan fingerprint density at radius 1 is 1.18 bits per heavy atom. The Labute approximate surface area is 108 Å². The minimum Gasteiger partial charge on any atom is -0.355 e. The lowest BCUT2D eigenvalue weighted by atomic mass is 9.82. The van der Waals surface area contributed by atoms with Crippen LogP contribution in [-0.4, -0.2) is 12.5 Å². The van der Waals surface area contributed by atoms with Crippen LogP contribution in [0.1, 0.15) is 67.7 Å². The molecule has 0 saturated carbocycles. The van der Waals surface area contributed by atoms with Crippen molar-refractivity contribution in [1.29, 1.82) is 0 Å². The average Bonchev–Trinajstić information content (AvgIpc) is 2.12. The van der Waals surface area contributed by atoms with Crippen LogP contribution >= 0.6 is 0 Å². The fourth-order valence-electron chi connectivity index (χ4n) is 2.44. The van der Waals surface area contributed by atoms with Crippen molar-refractivity contribution >= 4 is 5.91 Å². The minimum atomic E-state index is -0.254. The molecule has 1 amide bonds. The highest BCUT2D eigenvalue weighted by atomic mass is 16.2. The molecule has 0 aromatic heterocycles. The van der Waals surface area contributed by atoms with Crippen molar-refractivity contribution in [2.45, 2.75) is 67.7 Å². The van der Waals surface area contributed by atoms with E-state index in [1.54, 1.807) is 0 Å². The molecule has 2 heteroatoms. The summed E-state index contributed by atoms with van der Waals surface area (Å²) < 4.78 is 0. The minimum absolute atomic E-state index is 0.190. The summed E-state index contributed by atoms with van der Waals surface area (Å²) in [5.74, 6) is 0.745. The molecule has 0 fully saturated rings. The quantitative estimate of drug-likeness (QED) is 0.717. The van der Waals surface area contributed by atoms with E-state index in [-0.39, 0.29) is 16.7 Å². The Morgan fingerprint density at radius 3 is 2.12 bits per heavy atom. The highest BCUT2D eigenvalue weighted by Gasteiger charge is 2.29. The number of rotatable bonds is 7. The Hall–Kier alpha value is -0.530. The van der Waals surface area contributed by atoms with Gasteiger partial charge in [-0.3, -0.25) is 4.79 Å². The Kier molecular flexibility index (Phi) is 6.22. The summed E-state index contributed by atoms with van der Waals surface area (Å²) in [4.78, 5) is 12.1.